The number of benzene rings is 1. The molecule has 4 nitrogen and oxygen atoms in total. The minimum absolute atomic E-state index is 0.130. The van der Waals surface area contributed by atoms with Crippen LogP contribution < -0.4 is 0 Å². The van der Waals surface area contributed by atoms with Crippen molar-refractivity contribution >= 4 is 22.0 Å². The molecule has 80 valence electrons. The molecule has 1 aromatic rings. The predicted molar refractivity (Wildman–Crippen MR) is 57.6 cm³/mol. The van der Waals surface area contributed by atoms with E-state index in [4.69, 9.17) is 5.11 Å². The number of hydrogen-bond acceptors (Lipinski definition) is 2. The summed E-state index contributed by atoms with van der Waals surface area (Å²) in [5.74, 6) is 0. The van der Waals surface area contributed by atoms with Crippen LogP contribution in [0, 0.1) is 0 Å². The highest BCUT2D eigenvalue weighted by molar-refractivity contribution is 9.10. The second-order valence-corrected chi connectivity index (χ2v) is 4.50. The summed E-state index contributed by atoms with van der Waals surface area (Å²) in [6.45, 7) is 0.260. The lowest BCUT2D eigenvalue weighted by atomic mass is 9.86. The summed E-state index contributed by atoms with van der Waals surface area (Å²) in [4.78, 5) is 11.8. The van der Waals surface area contributed by atoms with Gasteiger partial charge in [0.05, 0.1) is 13.1 Å². The molecule has 1 heterocycles. The van der Waals surface area contributed by atoms with Crippen molar-refractivity contribution in [1.82, 2.24) is 4.90 Å². The molecule has 0 radical (unpaired) electrons. The Morgan fingerprint density at radius 1 is 1.40 bits per heavy atom. The fourth-order valence-corrected chi connectivity index (χ4v) is 2.38. The number of β-amino-alcohol motifs (C(OH)–C–C–N with tert-alkyl or cyclic N) is 1. The SMILES string of the molecule is O=C(O)N1CC(O)(c2ccccc2Br)C1. The zero-order valence-corrected chi connectivity index (χ0v) is 9.44. The lowest BCUT2D eigenvalue weighted by Crippen LogP contribution is -2.61. The van der Waals surface area contributed by atoms with Crippen LogP contribution in [0.1, 0.15) is 5.56 Å². The van der Waals surface area contributed by atoms with E-state index in [1.54, 1.807) is 6.07 Å². The molecular weight excluding hydrogens is 262 g/mol. The van der Waals surface area contributed by atoms with Crippen LogP contribution >= 0.6 is 15.9 Å². The highest BCUT2D eigenvalue weighted by atomic mass is 79.9. The van der Waals surface area contributed by atoms with Crippen molar-refractivity contribution in [2.24, 2.45) is 0 Å². The quantitative estimate of drug-likeness (QED) is 0.816. The number of nitrogens with zero attached hydrogens (tertiary/aromatic N) is 1. The summed E-state index contributed by atoms with van der Waals surface area (Å²) < 4.78 is 0.803. The molecule has 1 aliphatic heterocycles. The Morgan fingerprint density at radius 2 is 2.00 bits per heavy atom. The van der Waals surface area contributed by atoms with E-state index in [0.29, 0.717) is 0 Å². The number of hydrogen-bond donors (Lipinski definition) is 2. The molecule has 1 saturated heterocycles. The molecule has 1 aromatic carbocycles. The highest BCUT2D eigenvalue weighted by Gasteiger charge is 2.45. The van der Waals surface area contributed by atoms with E-state index in [2.05, 4.69) is 15.9 Å². The van der Waals surface area contributed by atoms with Gasteiger partial charge in [-0.3, -0.25) is 0 Å². The van der Waals surface area contributed by atoms with Gasteiger partial charge in [-0.15, -0.1) is 0 Å². The van der Waals surface area contributed by atoms with Gasteiger partial charge in [0.1, 0.15) is 5.60 Å². The topological polar surface area (TPSA) is 60.8 Å². The third kappa shape index (κ3) is 1.72. The molecule has 0 bridgehead atoms. The summed E-state index contributed by atoms with van der Waals surface area (Å²) in [6.07, 6.45) is -0.994. The smallest absolute Gasteiger partial charge is 0.407 e. The van der Waals surface area contributed by atoms with Crippen molar-refractivity contribution in [2.75, 3.05) is 13.1 Å². The monoisotopic (exact) mass is 271 g/mol. The second kappa shape index (κ2) is 3.50. The van der Waals surface area contributed by atoms with Crippen LogP contribution in [0.3, 0.4) is 0 Å². The Bertz CT molecular complexity index is 401. The van der Waals surface area contributed by atoms with E-state index < -0.39 is 11.7 Å². The van der Waals surface area contributed by atoms with Gasteiger partial charge in [-0.25, -0.2) is 4.79 Å². The largest absolute Gasteiger partial charge is 0.465 e. The number of aliphatic hydroxyl groups is 1. The lowest BCUT2D eigenvalue weighted by Gasteiger charge is -2.45. The molecular formula is C10H10BrNO3. The molecule has 0 atom stereocenters. The molecule has 1 aliphatic rings. The van der Waals surface area contributed by atoms with E-state index in [9.17, 15) is 9.90 Å². The fraction of sp³-hybridized carbons (Fsp3) is 0.300. The van der Waals surface area contributed by atoms with Gasteiger partial charge in [-0.2, -0.15) is 0 Å². The van der Waals surface area contributed by atoms with Crippen LogP contribution in [0.2, 0.25) is 0 Å². The first-order chi connectivity index (χ1) is 7.03. The fourth-order valence-electron chi connectivity index (χ4n) is 1.73. The van der Waals surface area contributed by atoms with Crippen molar-refractivity contribution in [3.8, 4) is 0 Å². The first kappa shape index (κ1) is 10.4. The summed E-state index contributed by atoms with van der Waals surface area (Å²) in [7, 11) is 0. The first-order valence-corrected chi connectivity index (χ1v) is 5.27. The Hall–Kier alpha value is -1.07. The van der Waals surface area contributed by atoms with Crippen LogP contribution in [-0.4, -0.2) is 34.3 Å². The molecule has 5 heteroatoms. The van der Waals surface area contributed by atoms with Crippen LogP contribution in [0.4, 0.5) is 4.79 Å². The van der Waals surface area contributed by atoms with Gasteiger partial charge in [0.25, 0.3) is 0 Å². The Labute approximate surface area is 95.3 Å². The molecule has 2 N–H and O–H groups in total. The van der Waals surface area contributed by atoms with Crippen molar-refractivity contribution in [3.05, 3.63) is 34.3 Å². The lowest BCUT2D eigenvalue weighted by molar-refractivity contribution is -0.0903. The van der Waals surface area contributed by atoms with Gasteiger partial charge >= 0.3 is 6.09 Å². The zero-order valence-electron chi connectivity index (χ0n) is 7.85. The molecule has 0 aliphatic carbocycles. The molecule has 1 fully saturated rings. The summed E-state index contributed by atoms with van der Waals surface area (Å²) >= 11 is 3.34. The van der Waals surface area contributed by atoms with Crippen LogP contribution in [0.25, 0.3) is 0 Å². The van der Waals surface area contributed by atoms with Crippen LogP contribution in [0.15, 0.2) is 28.7 Å². The maximum absolute atomic E-state index is 10.6. The summed E-state index contributed by atoms with van der Waals surface area (Å²) in [6, 6.07) is 7.30. The Balaban J connectivity index is 2.20. The van der Waals surface area contributed by atoms with Crippen LogP contribution in [-0.2, 0) is 5.60 Å². The summed E-state index contributed by atoms with van der Waals surface area (Å²) in [5.41, 5.74) is -0.305. The van der Waals surface area contributed by atoms with Gasteiger partial charge in [0, 0.05) is 10.0 Å². The second-order valence-electron chi connectivity index (χ2n) is 3.65. The average molecular weight is 272 g/mol. The molecule has 1 amide bonds. The van der Waals surface area contributed by atoms with Crippen LogP contribution in [0.5, 0.6) is 0 Å². The number of halogens is 1. The van der Waals surface area contributed by atoms with E-state index in [1.165, 1.54) is 4.90 Å². The van der Waals surface area contributed by atoms with Gasteiger partial charge in [-0.1, -0.05) is 34.1 Å². The number of carboxylic acid groups (broad SMARTS) is 1. The van der Waals surface area contributed by atoms with Crippen molar-refractivity contribution in [3.63, 3.8) is 0 Å². The number of rotatable bonds is 1. The molecule has 15 heavy (non-hydrogen) atoms. The molecule has 2 rings (SSSR count). The maximum atomic E-state index is 10.6. The van der Waals surface area contributed by atoms with E-state index in [1.807, 2.05) is 18.2 Å². The Morgan fingerprint density at radius 3 is 2.53 bits per heavy atom. The van der Waals surface area contributed by atoms with Gasteiger partial charge < -0.3 is 15.1 Å². The minimum atomic E-state index is -1.04. The van der Waals surface area contributed by atoms with Crippen molar-refractivity contribution in [2.45, 2.75) is 5.60 Å². The van der Waals surface area contributed by atoms with Gasteiger partial charge in [0.15, 0.2) is 0 Å². The Kier molecular flexibility index (Phi) is 2.44. The van der Waals surface area contributed by atoms with Gasteiger partial charge in [-0.05, 0) is 6.07 Å². The van der Waals surface area contributed by atoms with E-state index in [0.717, 1.165) is 10.0 Å². The average Bonchev–Trinajstić information content (AvgIpc) is 2.13. The number of likely N-dealkylation sites (tertiary alicyclic amines) is 1. The van der Waals surface area contributed by atoms with E-state index >= 15 is 0 Å². The maximum Gasteiger partial charge on any atom is 0.407 e. The molecule has 0 aromatic heterocycles. The zero-order chi connectivity index (χ0) is 11.1. The molecule has 0 unspecified atom stereocenters. The summed E-state index contributed by atoms with van der Waals surface area (Å²) in [5, 5.41) is 18.8. The highest BCUT2D eigenvalue weighted by Crippen LogP contribution is 2.35. The standard InChI is InChI=1S/C10H10BrNO3/c11-8-4-2-1-3-7(8)10(15)5-12(6-10)9(13)14/h1-4,15H,5-6H2,(H,13,14). The number of carbonyl (C=O) groups is 1. The first-order valence-electron chi connectivity index (χ1n) is 4.48. The number of amides is 1. The van der Waals surface area contributed by atoms with E-state index in [-0.39, 0.29) is 13.1 Å². The normalized spacial score (nSPS) is 18.4. The third-order valence-electron chi connectivity index (χ3n) is 2.55. The van der Waals surface area contributed by atoms with Gasteiger partial charge in [0.2, 0.25) is 0 Å². The minimum Gasteiger partial charge on any atom is -0.465 e. The van der Waals surface area contributed by atoms with Crippen molar-refractivity contribution in [1.29, 1.82) is 0 Å². The predicted octanol–water partition coefficient (Wildman–Crippen LogP) is 1.63. The molecule has 0 spiro atoms. The third-order valence-corrected chi connectivity index (χ3v) is 3.24. The molecule has 0 saturated carbocycles. The van der Waals surface area contributed by atoms with Crippen molar-refractivity contribution < 1.29 is 15.0 Å².